The zero-order valence-electron chi connectivity index (χ0n) is 21.1. The Kier molecular flexibility index (Phi) is 8.43. The molecular formula is C24H37N5O5S. The largest absolute Gasteiger partial charge is 0.381 e. The van der Waals surface area contributed by atoms with E-state index in [1.807, 2.05) is 20.8 Å². The Bertz CT molecular complexity index is 1070. The number of hydrogen-bond donors (Lipinski definition) is 1. The second-order valence-electron chi connectivity index (χ2n) is 9.45. The van der Waals surface area contributed by atoms with Crippen LogP contribution >= 0.6 is 0 Å². The minimum absolute atomic E-state index is 0.0162. The first-order valence-corrected chi connectivity index (χ1v) is 13.7. The van der Waals surface area contributed by atoms with Crippen LogP contribution in [0.3, 0.4) is 0 Å². The van der Waals surface area contributed by atoms with Gasteiger partial charge in [-0.05, 0) is 45.2 Å². The van der Waals surface area contributed by atoms with Gasteiger partial charge in [-0.3, -0.25) is 4.90 Å². The molecule has 35 heavy (non-hydrogen) atoms. The molecule has 0 aliphatic carbocycles. The third kappa shape index (κ3) is 6.03. The molecule has 2 atom stereocenters. The van der Waals surface area contributed by atoms with Crippen LogP contribution in [-0.4, -0.2) is 86.9 Å². The van der Waals surface area contributed by atoms with Gasteiger partial charge in [0.2, 0.25) is 10.0 Å². The van der Waals surface area contributed by atoms with Gasteiger partial charge in [0.1, 0.15) is 16.5 Å². The van der Waals surface area contributed by atoms with Crippen LogP contribution in [0.4, 0.5) is 5.82 Å². The Morgan fingerprint density at radius 2 is 2.00 bits per heavy atom. The summed E-state index contributed by atoms with van der Waals surface area (Å²) in [5.74, 6) is 1.81. The number of aromatic nitrogens is 2. The lowest BCUT2D eigenvalue weighted by Gasteiger charge is -2.34. The highest BCUT2D eigenvalue weighted by molar-refractivity contribution is 7.89. The first kappa shape index (κ1) is 26.0. The van der Waals surface area contributed by atoms with E-state index < -0.39 is 10.0 Å². The molecule has 2 aliphatic rings. The minimum atomic E-state index is -3.62. The van der Waals surface area contributed by atoms with Crippen molar-refractivity contribution >= 4 is 15.8 Å². The van der Waals surface area contributed by atoms with Crippen molar-refractivity contribution in [2.75, 3.05) is 58.4 Å². The molecule has 4 rings (SSSR count). The number of anilines is 1. The van der Waals surface area contributed by atoms with Crippen molar-refractivity contribution in [1.82, 2.24) is 19.3 Å². The average molecular weight is 508 g/mol. The Hall–Kier alpha value is -2.05. The maximum absolute atomic E-state index is 13.4. The number of ether oxygens (including phenoxy) is 2. The van der Waals surface area contributed by atoms with Crippen molar-refractivity contribution in [1.29, 1.82) is 0 Å². The number of nitrogens with one attached hydrogen (secondary N) is 1. The summed E-state index contributed by atoms with van der Waals surface area (Å²) >= 11 is 0. The van der Waals surface area contributed by atoms with E-state index >= 15 is 0 Å². The molecule has 11 heteroatoms. The average Bonchev–Trinajstić information content (AvgIpc) is 3.17. The minimum Gasteiger partial charge on any atom is -0.381 e. The van der Waals surface area contributed by atoms with Crippen molar-refractivity contribution in [2.45, 2.75) is 51.2 Å². The Morgan fingerprint density at radius 1 is 1.23 bits per heavy atom. The molecule has 2 aromatic rings. The van der Waals surface area contributed by atoms with E-state index in [1.54, 1.807) is 17.5 Å². The number of hydrogen-bond acceptors (Lipinski definition) is 9. The van der Waals surface area contributed by atoms with Gasteiger partial charge in [-0.1, -0.05) is 5.16 Å². The van der Waals surface area contributed by atoms with E-state index in [1.165, 1.54) is 6.20 Å². The predicted octanol–water partition coefficient (Wildman–Crippen LogP) is 2.35. The molecule has 0 aromatic carbocycles. The van der Waals surface area contributed by atoms with Crippen LogP contribution in [0, 0.1) is 26.7 Å². The van der Waals surface area contributed by atoms with Crippen LogP contribution in [0.15, 0.2) is 21.7 Å². The van der Waals surface area contributed by atoms with E-state index in [0.29, 0.717) is 63.2 Å². The molecule has 0 saturated carbocycles. The lowest BCUT2D eigenvalue weighted by Crippen LogP contribution is -2.48. The number of pyridine rings is 1. The van der Waals surface area contributed by atoms with Crippen molar-refractivity contribution < 1.29 is 22.4 Å². The van der Waals surface area contributed by atoms with E-state index in [4.69, 9.17) is 14.0 Å². The molecule has 2 aliphatic heterocycles. The summed E-state index contributed by atoms with van der Waals surface area (Å²) in [6, 6.07) is 1.80. The quantitative estimate of drug-likeness (QED) is 0.547. The fourth-order valence-electron chi connectivity index (χ4n) is 4.83. The van der Waals surface area contributed by atoms with Crippen LogP contribution in [-0.2, 0) is 26.0 Å². The lowest BCUT2D eigenvalue weighted by molar-refractivity contribution is -0.0226. The van der Waals surface area contributed by atoms with Gasteiger partial charge in [0.25, 0.3) is 0 Å². The zero-order valence-corrected chi connectivity index (χ0v) is 21.9. The topological polar surface area (TPSA) is 110 Å². The summed E-state index contributed by atoms with van der Waals surface area (Å²) in [4.78, 5) is 6.90. The molecule has 0 spiro atoms. The normalized spacial score (nSPS) is 21.2. The van der Waals surface area contributed by atoms with Gasteiger partial charge in [-0.25, -0.2) is 13.4 Å². The van der Waals surface area contributed by atoms with Crippen LogP contribution in [0.25, 0.3) is 0 Å². The molecule has 0 amide bonds. The van der Waals surface area contributed by atoms with Crippen molar-refractivity contribution in [2.24, 2.45) is 5.92 Å². The van der Waals surface area contributed by atoms with Gasteiger partial charge in [0, 0.05) is 70.7 Å². The third-order valence-electron chi connectivity index (χ3n) is 7.08. The fourth-order valence-corrected chi connectivity index (χ4v) is 6.41. The van der Waals surface area contributed by atoms with E-state index in [2.05, 4.69) is 20.4 Å². The summed E-state index contributed by atoms with van der Waals surface area (Å²) in [7, 11) is -1.91. The van der Waals surface area contributed by atoms with Gasteiger partial charge in [-0.15, -0.1) is 0 Å². The molecule has 194 valence electrons. The maximum Gasteiger partial charge on any atom is 0.244 e. The summed E-state index contributed by atoms with van der Waals surface area (Å²) in [6.45, 7) is 10.6. The second kappa shape index (κ2) is 11.3. The smallest absolute Gasteiger partial charge is 0.244 e. The molecule has 0 radical (unpaired) electrons. The molecule has 2 saturated heterocycles. The SMILES string of the molecule is COC(CNc1cc(C)c(S(=O)(=O)N2CCN(Cc3c(C)noc3C)CC2)cn1)C1CCCOC1. The lowest BCUT2D eigenvalue weighted by atomic mass is 9.96. The first-order chi connectivity index (χ1) is 16.8. The highest BCUT2D eigenvalue weighted by Gasteiger charge is 2.31. The summed E-state index contributed by atoms with van der Waals surface area (Å²) in [5.41, 5.74) is 2.64. The van der Waals surface area contributed by atoms with Crippen molar-refractivity contribution in [3.8, 4) is 0 Å². The number of rotatable bonds is 9. The molecule has 1 N–H and O–H groups in total. The highest BCUT2D eigenvalue weighted by Crippen LogP contribution is 2.24. The maximum atomic E-state index is 13.4. The predicted molar refractivity (Wildman–Crippen MR) is 132 cm³/mol. The van der Waals surface area contributed by atoms with Gasteiger partial charge in [0.05, 0.1) is 18.4 Å². The number of methoxy groups -OCH3 is 1. The van der Waals surface area contributed by atoms with Gasteiger partial charge in [0.15, 0.2) is 0 Å². The number of nitrogens with zero attached hydrogens (tertiary/aromatic N) is 4. The molecule has 0 bridgehead atoms. The van der Waals surface area contributed by atoms with Crippen LogP contribution in [0.1, 0.15) is 35.4 Å². The van der Waals surface area contributed by atoms with E-state index in [-0.39, 0.29) is 11.0 Å². The standard InChI is InChI=1S/C24H37N5O5S/c1-17-12-24(25-13-22(32-4)20-6-5-11-33-16-20)26-14-23(17)35(30,31)29-9-7-28(8-10-29)15-21-18(2)27-34-19(21)3/h12,14,20,22H,5-11,13,15-16H2,1-4H3,(H,25,26). The molecule has 2 unspecified atom stereocenters. The highest BCUT2D eigenvalue weighted by atomic mass is 32.2. The Labute approximate surface area is 208 Å². The molecule has 4 heterocycles. The summed E-state index contributed by atoms with van der Waals surface area (Å²) in [6.07, 6.45) is 3.61. The molecule has 2 fully saturated rings. The fraction of sp³-hybridized carbons (Fsp3) is 0.667. The summed E-state index contributed by atoms with van der Waals surface area (Å²) < 4.78 is 44.8. The van der Waals surface area contributed by atoms with E-state index in [9.17, 15) is 8.42 Å². The Morgan fingerprint density at radius 3 is 2.60 bits per heavy atom. The third-order valence-corrected chi connectivity index (χ3v) is 9.11. The van der Waals surface area contributed by atoms with Gasteiger partial charge < -0.3 is 19.3 Å². The van der Waals surface area contributed by atoms with Crippen LogP contribution in [0.2, 0.25) is 0 Å². The first-order valence-electron chi connectivity index (χ1n) is 12.2. The van der Waals surface area contributed by atoms with Crippen molar-refractivity contribution in [3.63, 3.8) is 0 Å². The van der Waals surface area contributed by atoms with Crippen LogP contribution in [0.5, 0.6) is 0 Å². The monoisotopic (exact) mass is 507 g/mol. The molecule has 2 aromatic heterocycles. The number of sulfonamides is 1. The summed E-state index contributed by atoms with van der Waals surface area (Å²) in [5, 5.41) is 7.32. The number of piperazine rings is 1. The zero-order chi connectivity index (χ0) is 25.0. The Balaban J connectivity index is 1.35. The van der Waals surface area contributed by atoms with Gasteiger partial charge >= 0.3 is 0 Å². The van der Waals surface area contributed by atoms with Crippen molar-refractivity contribution in [3.05, 3.63) is 34.8 Å². The molecule has 10 nitrogen and oxygen atoms in total. The molecular weight excluding hydrogens is 470 g/mol. The van der Waals surface area contributed by atoms with Gasteiger partial charge in [-0.2, -0.15) is 4.31 Å². The van der Waals surface area contributed by atoms with Crippen LogP contribution < -0.4 is 5.32 Å². The number of aryl methyl sites for hydroxylation is 3. The van der Waals surface area contributed by atoms with E-state index in [0.717, 1.165) is 36.5 Å². The second-order valence-corrected chi connectivity index (χ2v) is 11.4.